The van der Waals surface area contributed by atoms with Crippen LogP contribution in [0.1, 0.15) is 16.1 Å². The second-order valence-corrected chi connectivity index (χ2v) is 3.69. The summed E-state index contributed by atoms with van der Waals surface area (Å²) in [5, 5.41) is 8.89. The van der Waals surface area contributed by atoms with Gasteiger partial charge in [-0.1, -0.05) is 6.07 Å². The van der Waals surface area contributed by atoms with Crippen LogP contribution in [0.4, 0.5) is 8.78 Å². The fraction of sp³-hybridized carbons (Fsp3) is 0.0769. The van der Waals surface area contributed by atoms with Crippen LogP contribution < -0.4 is 4.74 Å². The minimum absolute atomic E-state index is 0.0692. The molecule has 0 atom stereocenters. The summed E-state index contributed by atoms with van der Waals surface area (Å²) in [7, 11) is 0. The Morgan fingerprint density at radius 2 is 2.05 bits per heavy atom. The average Bonchev–Trinajstić information content (AvgIpc) is 2.40. The molecule has 0 aliphatic carbocycles. The zero-order valence-corrected chi connectivity index (χ0v) is 9.64. The molecule has 0 radical (unpaired) electrons. The molecule has 0 unspecified atom stereocenters. The van der Waals surface area contributed by atoms with Crippen LogP contribution in [0.25, 0.3) is 0 Å². The molecule has 98 valence electrons. The Labute approximate surface area is 107 Å². The van der Waals surface area contributed by atoms with Crippen molar-refractivity contribution in [2.24, 2.45) is 0 Å². The first-order chi connectivity index (χ1) is 9.08. The van der Waals surface area contributed by atoms with Gasteiger partial charge in [-0.2, -0.15) is 0 Å². The lowest BCUT2D eigenvalue weighted by Crippen LogP contribution is -2.05. The van der Waals surface area contributed by atoms with Crippen molar-refractivity contribution in [2.75, 3.05) is 0 Å². The molecule has 0 saturated heterocycles. The molecular weight excluding hydrogens is 256 g/mol. The van der Waals surface area contributed by atoms with Gasteiger partial charge in [-0.25, -0.2) is 18.6 Å². The van der Waals surface area contributed by atoms with Gasteiger partial charge in [-0.15, -0.1) is 0 Å². The zero-order valence-electron chi connectivity index (χ0n) is 9.64. The summed E-state index contributed by atoms with van der Waals surface area (Å²) >= 11 is 0. The molecule has 2 aromatic rings. The van der Waals surface area contributed by atoms with E-state index in [1.807, 2.05) is 0 Å². The van der Waals surface area contributed by atoms with Crippen LogP contribution in [0.2, 0.25) is 0 Å². The van der Waals surface area contributed by atoms with Crippen molar-refractivity contribution in [3.63, 3.8) is 0 Å². The average molecular weight is 265 g/mol. The highest BCUT2D eigenvalue weighted by atomic mass is 19.2. The van der Waals surface area contributed by atoms with Crippen LogP contribution in [0.15, 0.2) is 36.5 Å². The van der Waals surface area contributed by atoms with E-state index in [0.29, 0.717) is 5.56 Å². The van der Waals surface area contributed by atoms with Gasteiger partial charge in [0.25, 0.3) is 0 Å². The molecule has 1 heterocycles. The van der Waals surface area contributed by atoms with Crippen molar-refractivity contribution >= 4 is 5.97 Å². The standard InChI is InChI=1S/C13H9F2NO3/c14-9-4-3-8(6-10(9)15)7-19-11-2-1-5-16-12(11)13(17)18/h1-6H,7H2,(H,17,18). The van der Waals surface area contributed by atoms with Gasteiger partial charge in [0.1, 0.15) is 6.61 Å². The lowest BCUT2D eigenvalue weighted by molar-refractivity contribution is 0.0685. The summed E-state index contributed by atoms with van der Waals surface area (Å²) in [5.41, 5.74) is 0.157. The van der Waals surface area contributed by atoms with Crippen LogP contribution in [0, 0.1) is 11.6 Å². The number of halogens is 2. The summed E-state index contributed by atoms with van der Waals surface area (Å²) in [5.74, 6) is -3.08. The van der Waals surface area contributed by atoms with E-state index in [0.717, 1.165) is 12.1 Å². The zero-order chi connectivity index (χ0) is 13.8. The Bertz CT molecular complexity index is 617. The Morgan fingerprint density at radius 1 is 1.26 bits per heavy atom. The van der Waals surface area contributed by atoms with Gasteiger partial charge in [-0.3, -0.25) is 0 Å². The van der Waals surface area contributed by atoms with E-state index in [9.17, 15) is 13.6 Å². The minimum Gasteiger partial charge on any atom is -0.486 e. The monoisotopic (exact) mass is 265 g/mol. The molecule has 1 aromatic carbocycles. The summed E-state index contributed by atoms with van der Waals surface area (Å²) in [6.45, 7) is -0.0802. The lowest BCUT2D eigenvalue weighted by atomic mass is 10.2. The van der Waals surface area contributed by atoms with Crippen molar-refractivity contribution < 1.29 is 23.4 Å². The number of aromatic nitrogens is 1. The number of ether oxygens (including phenoxy) is 1. The first-order valence-corrected chi connectivity index (χ1v) is 5.33. The van der Waals surface area contributed by atoms with Crippen molar-refractivity contribution in [1.29, 1.82) is 0 Å². The maximum absolute atomic E-state index is 13.0. The van der Waals surface area contributed by atoms with Gasteiger partial charge in [-0.05, 0) is 29.8 Å². The molecular formula is C13H9F2NO3. The van der Waals surface area contributed by atoms with Crippen molar-refractivity contribution in [3.05, 3.63) is 59.4 Å². The van der Waals surface area contributed by atoms with Gasteiger partial charge in [0.05, 0.1) is 0 Å². The van der Waals surface area contributed by atoms with Crippen molar-refractivity contribution in [1.82, 2.24) is 4.98 Å². The van der Waals surface area contributed by atoms with E-state index >= 15 is 0 Å². The molecule has 0 fully saturated rings. The number of pyridine rings is 1. The number of hydrogen-bond acceptors (Lipinski definition) is 3. The van der Waals surface area contributed by atoms with Crippen LogP contribution in [0.3, 0.4) is 0 Å². The van der Waals surface area contributed by atoms with Gasteiger partial charge in [0, 0.05) is 6.20 Å². The molecule has 6 heteroatoms. The fourth-order valence-electron chi connectivity index (χ4n) is 1.46. The van der Waals surface area contributed by atoms with Crippen molar-refractivity contribution in [2.45, 2.75) is 6.61 Å². The highest BCUT2D eigenvalue weighted by Gasteiger charge is 2.12. The smallest absolute Gasteiger partial charge is 0.358 e. The number of carboxylic acid groups (broad SMARTS) is 1. The summed E-state index contributed by atoms with van der Waals surface area (Å²) < 4.78 is 31.0. The number of carbonyl (C=O) groups is 1. The maximum atomic E-state index is 13.0. The molecule has 0 aliphatic heterocycles. The molecule has 0 spiro atoms. The number of aromatic carboxylic acids is 1. The second-order valence-electron chi connectivity index (χ2n) is 3.69. The molecule has 19 heavy (non-hydrogen) atoms. The SMILES string of the molecule is O=C(O)c1ncccc1OCc1ccc(F)c(F)c1. The summed E-state index contributed by atoms with van der Waals surface area (Å²) in [4.78, 5) is 14.5. The number of rotatable bonds is 4. The lowest BCUT2D eigenvalue weighted by Gasteiger charge is -2.08. The Kier molecular flexibility index (Phi) is 3.70. The van der Waals surface area contributed by atoms with Gasteiger partial charge >= 0.3 is 5.97 Å². The van der Waals surface area contributed by atoms with E-state index in [-0.39, 0.29) is 18.1 Å². The normalized spacial score (nSPS) is 10.2. The molecule has 0 amide bonds. The molecule has 0 aliphatic rings. The third kappa shape index (κ3) is 3.04. The molecule has 1 N–H and O–H groups in total. The molecule has 0 bridgehead atoms. The van der Waals surface area contributed by atoms with E-state index in [4.69, 9.17) is 9.84 Å². The highest BCUT2D eigenvalue weighted by molar-refractivity contribution is 5.88. The molecule has 0 saturated carbocycles. The van der Waals surface area contributed by atoms with Crippen molar-refractivity contribution in [3.8, 4) is 5.75 Å². The largest absolute Gasteiger partial charge is 0.486 e. The number of nitrogens with zero attached hydrogens (tertiary/aromatic N) is 1. The van der Waals surface area contributed by atoms with Gasteiger partial charge in [0.15, 0.2) is 23.1 Å². The van der Waals surface area contributed by atoms with Gasteiger partial charge in [0.2, 0.25) is 0 Å². The Balaban J connectivity index is 2.14. The molecule has 1 aromatic heterocycles. The first-order valence-electron chi connectivity index (χ1n) is 5.33. The third-order valence-electron chi connectivity index (χ3n) is 2.35. The second kappa shape index (κ2) is 5.43. The fourth-order valence-corrected chi connectivity index (χ4v) is 1.46. The number of carboxylic acids is 1. The number of benzene rings is 1. The Morgan fingerprint density at radius 3 is 2.74 bits per heavy atom. The van der Waals surface area contributed by atoms with E-state index < -0.39 is 17.6 Å². The van der Waals surface area contributed by atoms with Gasteiger partial charge < -0.3 is 9.84 Å². The predicted molar refractivity (Wildman–Crippen MR) is 61.9 cm³/mol. The topological polar surface area (TPSA) is 59.4 Å². The number of hydrogen-bond donors (Lipinski definition) is 1. The summed E-state index contributed by atoms with van der Waals surface area (Å²) in [6, 6.07) is 6.29. The van der Waals surface area contributed by atoms with Crippen LogP contribution >= 0.6 is 0 Å². The quantitative estimate of drug-likeness (QED) is 0.923. The van der Waals surface area contributed by atoms with Crippen LogP contribution in [0.5, 0.6) is 5.75 Å². The highest BCUT2D eigenvalue weighted by Crippen LogP contribution is 2.17. The minimum atomic E-state index is -1.22. The molecule has 2 rings (SSSR count). The van der Waals surface area contributed by atoms with Crippen LogP contribution in [-0.2, 0) is 6.61 Å². The van der Waals surface area contributed by atoms with E-state index in [2.05, 4.69) is 4.98 Å². The van der Waals surface area contributed by atoms with E-state index in [1.165, 1.54) is 24.4 Å². The molecule has 4 nitrogen and oxygen atoms in total. The van der Waals surface area contributed by atoms with Crippen LogP contribution in [-0.4, -0.2) is 16.1 Å². The first kappa shape index (κ1) is 12.9. The van der Waals surface area contributed by atoms with E-state index in [1.54, 1.807) is 0 Å². The third-order valence-corrected chi connectivity index (χ3v) is 2.35. The maximum Gasteiger partial charge on any atom is 0.358 e. The summed E-state index contributed by atoms with van der Waals surface area (Å²) in [6.07, 6.45) is 1.33. The Hall–Kier alpha value is -2.50. The predicted octanol–water partition coefficient (Wildman–Crippen LogP) is 2.64.